The van der Waals surface area contributed by atoms with Gasteiger partial charge in [-0.1, -0.05) is 0 Å². The first kappa shape index (κ1) is 19.0. The van der Waals surface area contributed by atoms with Crippen LogP contribution >= 0.6 is 0 Å². The van der Waals surface area contributed by atoms with Gasteiger partial charge in [-0.3, -0.25) is 0 Å². The molecular formula is C18H26N2O5S. The Labute approximate surface area is 154 Å². The first-order valence-electron chi connectivity index (χ1n) is 8.91. The van der Waals surface area contributed by atoms with Crippen LogP contribution in [0.15, 0.2) is 23.1 Å². The van der Waals surface area contributed by atoms with Crippen LogP contribution in [0.3, 0.4) is 0 Å². The van der Waals surface area contributed by atoms with Crippen molar-refractivity contribution in [1.29, 1.82) is 0 Å². The molecule has 144 valence electrons. The normalized spacial score (nSPS) is 18.8. The molecular weight excluding hydrogens is 356 g/mol. The van der Waals surface area contributed by atoms with Crippen molar-refractivity contribution >= 4 is 16.1 Å². The second kappa shape index (κ2) is 7.08. The summed E-state index contributed by atoms with van der Waals surface area (Å²) in [5.74, 6) is 0.760. The van der Waals surface area contributed by atoms with Crippen molar-refractivity contribution in [3.8, 4) is 5.75 Å². The maximum absolute atomic E-state index is 13.0. The summed E-state index contributed by atoms with van der Waals surface area (Å²) in [5, 5.41) is 0. The first-order valence-corrected chi connectivity index (χ1v) is 10.3. The molecule has 0 spiro atoms. The van der Waals surface area contributed by atoms with E-state index in [2.05, 4.69) is 0 Å². The van der Waals surface area contributed by atoms with Crippen LogP contribution in [0.4, 0.5) is 4.79 Å². The van der Waals surface area contributed by atoms with E-state index >= 15 is 0 Å². The fraction of sp³-hybridized carbons (Fsp3) is 0.611. The van der Waals surface area contributed by atoms with Gasteiger partial charge in [0.15, 0.2) is 0 Å². The maximum atomic E-state index is 13.0. The van der Waals surface area contributed by atoms with Gasteiger partial charge >= 0.3 is 6.09 Å². The number of carbonyl (C=O) groups is 1. The summed E-state index contributed by atoms with van der Waals surface area (Å²) in [5.41, 5.74) is 0.359. The van der Waals surface area contributed by atoms with Crippen molar-refractivity contribution in [3.63, 3.8) is 0 Å². The summed E-state index contributed by atoms with van der Waals surface area (Å²) < 4.78 is 38.3. The summed E-state index contributed by atoms with van der Waals surface area (Å²) in [6.07, 6.45) is 0.906. The average molecular weight is 382 g/mol. The highest BCUT2D eigenvalue weighted by Gasteiger charge is 2.30. The molecule has 1 aromatic rings. The van der Waals surface area contributed by atoms with Gasteiger partial charge in [0.2, 0.25) is 10.0 Å². The van der Waals surface area contributed by atoms with Gasteiger partial charge in [-0.25, -0.2) is 13.2 Å². The zero-order chi connectivity index (χ0) is 18.9. The first-order chi connectivity index (χ1) is 12.2. The lowest BCUT2D eigenvalue weighted by atomic mass is 10.2. The summed E-state index contributed by atoms with van der Waals surface area (Å²) >= 11 is 0. The number of amides is 1. The Bertz CT molecular complexity index is 785. The highest BCUT2D eigenvalue weighted by molar-refractivity contribution is 7.89. The average Bonchev–Trinajstić information content (AvgIpc) is 2.86. The number of fused-ring (bicyclic) bond motifs is 1. The predicted octanol–water partition coefficient (Wildman–Crippen LogP) is 2.25. The largest absolute Gasteiger partial charge is 0.493 e. The van der Waals surface area contributed by atoms with Crippen molar-refractivity contribution < 1.29 is 22.7 Å². The van der Waals surface area contributed by atoms with E-state index in [1.54, 1.807) is 23.1 Å². The summed E-state index contributed by atoms with van der Waals surface area (Å²) in [6.45, 7) is 7.49. The predicted molar refractivity (Wildman–Crippen MR) is 96.8 cm³/mol. The van der Waals surface area contributed by atoms with Crippen molar-refractivity contribution in [2.45, 2.75) is 44.1 Å². The Morgan fingerprint density at radius 3 is 2.65 bits per heavy atom. The van der Waals surface area contributed by atoms with E-state index in [-0.39, 0.29) is 11.4 Å². The van der Waals surface area contributed by atoms with Gasteiger partial charge < -0.3 is 14.4 Å². The van der Waals surface area contributed by atoms with Gasteiger partial charge in [-0.2, -0.15) is 4.31 Å². The molecule has 0 radical (unpaired) electrons. The lowest BCUT2D eigenvalue weighted by molar-refractivity contribution is 0.0260. The molecule has 2 aliphatic heterocycles. The number of carbonyl (C=O) groups excluding carboxylic acids is 1. The Hall–Kier alpha value is -1.80. The molecule has 0 N–H and O–H groups in total. The molecule has 1 saturated heterocycles. The van der Waals surface area contributed by atoms with Crippen LogP contribution in [0.1, 0.15) is 32.8 Å². The number of benzene rings is 1. The molecule has 0 bridgehead atoms. The highest BCUT2D eigenvalue weighted by Crippen LogP contribution is 2.29. The minimum atomic E-state index is -3.59. The van der Waals surface area contributed by atoms with Gasteiger partial charge in [-0.15, -0.1) is 0 Å². The van der Waals surface area contributed by atoms with Gasteiger partial charge in [0.25, 0.3) is 0 Å². The van der Waals surface area contributed by atoms with Crippen molar-refractivity contribution in [2.24, 2.45) is 0 Å². The molecule has 1 fully saturated rings. The second-order valence-electron chi connectivity index (χ2n) is 7.59. The molecule has 0 aliphatic carbocycles. The summed E-state index contributed by atoms with van der Waals surface area (Å²) in [4.78, 5) is 14.1. The number of hydrogen-bond acceptors (Lipinski definition) is 5. The molecule has 26 heavy (non-hydrogen) atoms. The van der Waals surface area contributed by atoms with E-state index in [1.807, 2.05) is 20.8 Å². The van der Waals surface area contributed by atoms with Crippen LogP contribution in [0, 0.1) is 0 Å². The van der Waals surface area contributed by atoms with E-state index in [9.17, 15) is 13.2 Å². The fourth-order valence-corrected chi connectivity index (χ4v) is 4.64. The third-order valence-corrected chi connectivity index (χ3v) is 6.30. The van der Waals surface area contributed by atoms with Gasteiger partial charge in [0.1, 0.15) is 11.4 Å². The van der Waals surface area contributed by atoms with Crippen molar-refractivity contribution in [3.05, 3.63) is 23.8 Å². The minimum absolute atomic E-state index is 0.259. The van der Waals surface area contributed by atoms with Crippen LogP contribution in [0.5, 0.6) is 5.75 Å². The number of rotatable bonds is 2. The van der Waals surface area contributed by atoms with Crippen molar-refractivity contribution in [2.75, 3.05) is 32.8 Å². The summed E-state index contributed by atoms with van der Waals surface area (Å²) in [6, 6.07) is 5.02. The third-order valence-electron chi connectivity index (χ3n) is 4.41. The topological polar surface area (TPSA) is 76.2 Å². The van der Waals surface area contributed by atoms with Crippen LogP contribution in [-0.4, -0.2) is 62.1 Å². The standard InChI is InChI=1S/C18H26N2O5S/c1-18(2,3)25-17(21)19-8-4-9-20(11-10-19)26(22,23)15-5-6-16-14(13-15)7-12-24-16/h5-6,13H,4,7-12H2,1-3H3. The Morgan fingerprint density at radius 2 is 1.92 bits per heavy atom. The molecule has 3 rings (SSSR count). The van der Waals surface area contributed by atoms with E-state index < -0.39 is 21.7 Å². The van der Waals surface area contributed by atoms with E-state index in [1.165, 1.54) is 4.31 Å². The number of nitrogens with zero attached hydrogens (tertiary/aromatic N) is 2. The SMILES string of the molecule is CC(C)(C)OC(=O)N1CCCN(S(=O)(=O)c2ccc3c(c2)CCO3)CC1. The molecule has 1 aromatic carbocycles. The molecule has 2 heterocycles. The molecule has 8 heteroatoms. The fourth-order valence-electron chi connectivity index (χ4n) is 3.12. The van der Waals surface area contributed by atoms with Gasteiger partial charge in [0, 0.05) is 32.6 Å². The Kier molecular flexibility index (Phi) is 5.16. The monoisotopic (exact) mass is 382 g/mol. The molecule has 7 nitrogen and oxygen atoms in total. The van der Waals surface area contributed by atoms with Crippen LogP contribution < -0.4 is 4.74 Å². The lowest BCUT2D eigenvalue weighted by Gasteiger charge is -2.26. The Morgan fingerprint density at radius 1 is 1.15 bits per heavy atom. The van der Waals surface area contributed by atoms with E-state index in [4.69, 9.17) is 9.47 Å². The van der Waals surface area contributed by atoms with E-state index in [0.29, 0.717) is 32.7 Å². The van der Waals surface area contributed by atoms with E-state index in [0.717, 1.165) is 17.7 Å². The van der Waals surface area contributed by atoms with Crippen LogP contribution in [0.25, 0.3) is 0 Å². The smallest absolute Gasteiger partial charge is 0.410 e. The molecule has 2 aliphatic rings. The molecule has 0 aromatic heterocycles. The van der Waals surface area contributed by atoms with Crippen LogP contribution in [0.2, 0.25) is 0 Å². The Balaban J connectivity index is 1.71. The number of hydrogen-bond donors (Lipinski definition) is 0. The zero-order valence-electron chi connectivity index (χ0n) is 15.5. The minimum Gasteiger partial charge on any atom is -0.493 e. The molecule has 0 saturated carbocycles. The highest BCUT2D eigenvalue weighted by atomic mass is 32.2. The lowest BCUT2D eigenvalue weighted by Crippen LogP contribution is -2.40. The number of sulfonamides is 1. The zero-order valence-corrected chi connectivity index (χ0v) is 16.3. The van der Waals surface area contributed by atoms with Gasteiger partial charge in [-0.05, 0) is 51.0 Å². The summed E-state index contributed by atoms with van der Waals surface area (Å²) in [7, 11) is -3.59. The molecule has 0 unspecified atom stereocenters. The number of ether oxygens (including phenoxy) is 2. The quantitative estimate of drug-likeness (QED) is 0.784. The third kappa shape index (κ3) is 4.12. The van der Waals surface area contributed by atoms with Gasteiger partial charge in [0.05, 0.1) is 11.5 Å². The molecule has 1 amide bonds. The molecule has 0 atom stereocenters. The second-order valence-corrected chi connectivity index (χ2v) is 9.53. The maximum Gasteiger partial charge on any atom is 0.410 e. The van der Waals surface area contributed by atoms with Crippen molar-refractivity contribution in [1.82, 2.24) is 9.21 Å². The van der Waals surface area contributed by atoms with Crippen LogP contribution in [-0.2, 0) is 21.2 Å².